The Bertz CT molecular complexity index is 263. The summed E-state index contributed by atoms with van der Waals surface area (Å²) in [6.45, 7) is 4.39. The van der Waals surface area contributed by atoms with E-state index in [-0.39, 0.29) is 5.97 Å². The summed E-state index contributed by atoms with van der Waals surface area (Å²) in [5.74, 6) is 0.314. The second kappa shape index (κ2) is 5.38. The van der Waals surface area contributed by atoms with Crippen LogP contribution in [0.25, 0.3) is 0 Å². The molecule has 1 fully saturated rings. The lowest BCUT2D eigenvalue weighted by Crippen LogP contribution is -1.94. The van der Waals surface area contributed by atoms with Gasteiger partial charge in [-0.05, 0) is 17.8 Å². The predicted octanol–water partition coefficient (Wildman–Crippen LogP) is 1.98. The topological polar surface area (TPSA) is 83.8 Å². The van der Waals surface area contributed by atoms with E-state index in [9.17, 15) is 4.79 Å². The number of rotatable bonds is 2. The molecule has 0 bridgehead atoms. The Labute approximate surface area is 88.4 Å². The van der Waals surface area contributed by atoms with E-state index in [0.29, 0.717) is 11.3 Å². The van der Waals surface area contributed by atoms with Gasteiger partial charge in [-0.1, -0.05) is 19.9 Å². The van der Waals surface area contributed by atoms with Crippen molar-refractivity contribution in [1.82, 2.24) is 0 Å². The Morgan fingerprint density at radius 1 is 1.40 bits per heavy atom. The minimum Gasteiger partial charge on any atom is -0.466 e. The molecule has 5 nitrogen and oxygen atoms in total. The summed E-state index contributed by atoms with van der Waals surface area (Å²) < 4.78 is 4.47. The van der Waals surface area contributed by atoms with Gasteiger partial charge in [-0.15, -0.1) is 0 Å². The third kappa shape index (κ3) is 6.54. The third-order valence-electron chi connectivity index (χ3n) is 2.26. The van der Waals surface area contributed by atoms with Gasteiger partial charge in [0.2, 0.25) is 0 Å². The lowest BCUT2D eigenvalue weighted by molar-refractivity contribution is -0.134. The molecule has 1 unspecified atom stereocenters. The van der Waals surface area contributed by atoms with Gasteiger partial charge in [0.25, 0.3) is 0 Å². The number of carbonyl (C=O) groups excluding carboxylic acids is 1. The highest BCUT2D eigenvalue weighted by Gasteiger charge is 2.43. The van der Waals surface area contributed by atoms with Crippen molar-refractivity contribution < 1.29 is 24.5 Å². The number of carbonyl (C=O) groups is 2. The Balaban J connectivity index is 0.000000423. The zero-order chi connectivity index (χ0) is 12.1. The lowest BCUT2D eigenvalue weighted by Gasteiger charge is -1.95. The van der Waals surface area contributed by atoms with Gasteiger partial charge in [-0.25, -0.2) is 9.59 Å². The van der Waals surface area contributed by atoms with Crippen LogP contribution in [0.15, 0.2) is 12.2 Å². The summed E-state index contributed by atoms with van der Waals surface area (Å²) in [6.07, 6.45) is 2.80. The average Bonchev–Trinajstić information content (AvgIpc) is 2.69. The van der Waals surface area contributed by atoms with Crippen molar-refractivity contribution in [3.8, 4) is 0 Å². The number of hydrogen-bond acceptors (Lipinski definition) is 3. The third-order valence-corrected chi connectivity index (χ3v) is 2.26. The van der Waals surface area contributed by atoms with Gasteiger partial charge in [0.15, 0.2) is 0 Å². The molecule has 1 aliphatic carbocycles. The summed E-state index contributed by atoms with van der Waals surface area (Å²) in [5.41, 5.74) is 0.407. The minimum absolute atomic E-state index is 0.257. The highest BCUT2D eigenvalue weighted by Crippen LogP contribution is 2.52. The molecule has 0 radical (unpaired) electrons. The van der Waals surface area contributed by atoms with E-state index in [1.807, 2.05) is 6.08 Å². The van der Waals surface area contributed by atoms with Gasteiger partial charge in [-0.3, -0.25) is 0 Å². The second-order valence-electron chi connectivity index (χ2n) is 3.96. The van der Waals surface area contributed by atoms with E-state index < -0.39 is 6.16 Å². The molecule has 0 heterocycles. The van der Waals surface area contributed by atoms with Crippen molar-refractivity contribution in [2.45, 2.75) is 20.3 Å². The first-order chi connectivity index (χ1) is 6.79. The van der Waals surface area contributed by atoms with E-state index in [0.717, 1.165) is 0 Å². The molecule has 0 saturated heterocycles. The van der Waals surface area contributed by atoms with E-state index in [1.165, 1.54) is 19.6 Å². The number of hydrogen-bond donors (Lipinski definition) is 2. The van der Waals surface area contributed by atoms with Crippen LogP contribution in [0.3, 0.4) is 0 Å². The fraction of sp³-hybridized carbons (Fsp3) is 0.600. The lowest BCUT2D eigenvalue weighted by atomic mass is 10.1. The Morgan fingerprint density at radius 3 is 2.07 bits per heavy atom. The monoisotopic (exact) mass is 216 g/mol. The normalized spacial score (nSPS) is 21.4. The molecule has 0 aromatic rings. The largest absolute Gasteiger partial charge is 0.503 e. The molecule has 0 spiro atoms. The molecule has 0 aromatic heterocycles. The highest BCUT2D eigenvalue weighted by molar-refractivity contribution is 5.81. The van der Waals surface area contributed by atoms with Crippen molar-refractivity contribution in [1.29, 1.82) is 0 Å². The number of methoxy groups -OCH3 is 1. The maximum Gasteiger partial charge on any atom is 0.503 e. The number of carboxylic acid groups (broad SMARTS) is 2. The molecular formula is C10H16O5. The van der Waals surface area contributed by atoms with Crippen LogP contribution in [0.5, 0.6) is 0 Å². The zero-order valence-corrected chi connectivity index (χ0v) is 9.06. The maximum absolute atomic E-state index is 10.6. The summed E-state index contributed by atoms with van der Waals surface area (Å²) in [7, 11) is 1.39. The Kier molecular flexibility index (Phi) is 4.84. The van der Waals surface area contributed by atoms with Gasteiger partial charge in [0.1, 0.15) is 0 Å². The number of allylic oxidation sites excluding steroid dienone is 1. The van der Waals surface area contributed by atoms with Crippen molar-refractivity contribution in [3.63, 3.8) is 0 Å². The maximum atomic E-state index is 10.6. The minimum atomic E-state index is -1.83. The molecule has 1 rings (SSSR count). The average molecular weight is 216 g/mol. The smallest absolute Gasteiger partial charge is 0.466 e. The van der Waals surface area contributed by atoms with Crippen LogP contribution in [0.4, 0.5) is 4.79 Å². The van der Waals surface area contributed by atoms with Crippen LogP contribution in [-0.4, -0.2) is 29.4 Å². The quantitative estimate of drug-likeness (QED) is 0.544. The standard InChI is InChI=1S/C9H14O2.CH2O3/c1-9(2)6-7(9)4-5-8(10)11-3;2-1(3)4/h4-5,7H,6H2,1-3H3;(H2,2,3,4). The molecule has 5 heteroatoms. The summed E-state index contributed by atoms with van der Waals surface area (Å²) >= 11 is 0. The first-order valence-electron chi connectivity index (χ1n) is 4.47. The van der Waals surface area contributed by atoms with Gasteiger partial charge in [0, 0.05) is 6.08 Å². The van der Waals surface area contributed by atoms with Crippen LogP contribution in [-0.2, 0) is 9.53 Å². The van der Waals surface area contributed by atoms with Gasteiger partial charge in [0.05, 0.1) is 7.11 Å². The first-order valence-corrected chi connectivity index (χ1v) is 4.47. The van der Waals surface area contributed by atoms with Gasteiger partial charge in [-0.2, -0.15) is 0 Å². The second-order valence-corrected chi connectivity index (χ2v) is 3.96. The molecule has 1 aliphatic rings. The predicted molar refractivity (Wildman–Crippen MR) is 53.7 cm³/mol. The van der Waals surface area contributed by atoms with Crippen molar-refractivity contribution in [2.24, 2.45) is 11.3 Å². The van der Waals surface area contributed by atoms with Crippen molar-refractivity contribution in [3.05, 3.63) is 12.2 Å². The molecule has 2 N–H and O–H groups in total. The van der Waals surface area contributed by atoms with Crippen molar-refractivity contribution in [2.75, 3.05) is 7.11 Å². The molecule has 1 saturated carbocycles. The van der Waals surface area contributed by atoms with Crippen LogP contribution >= 0.6 is 0 Å². The molecular weight excluding hydrogens is 200 g/mol. The first kappa shape index (κ1) is 13.5. The van der Waals surface area contributed by atoms with Gasteiger partial charge < -0.3 is 14.9 Å². The van der Waals surface area contributed by atoms with Crippen LogP contribution in [0.2, 0.25) is 0 Å². The van der Waals surface area contributed by atoms with E-state index in [2.05, 4.69) is 18.6 Å². The van der Waals surface area contributed by atoms with Crippen molar-refractivity contribution >= 4 is 12.1 Å². The molecule has 1 atom stereocenters. The molecule has 0 aromatic carbocycles. The molecule has 15 heavy (non-hydrogen) atoms. The van der Waals surface area contributed by atoms with Crippen LogP contribution < -0.4 is 0 Å². The van der Waals surface area contributed by atoms with Crippen LogP contribution in [0.1, 0.15) is 20.3 Å². The Hall–Kier alpha value is -1.52. The Morgan fingerprint density at radius 2 is 1.80 bits per heavy atom. The number of ether oxygens (including phenoxy) is 1. The summed E-state index contributed by atoms with van der Waals surface area (Å²) in [6, 6.07) is 0. The number of esters is 1. The van der Waals surface area contributed by atoms with Crippen LogP contribution in [0, 0.1) is 11.3 Å². The van der Waals surface area contributed by atoms with Gasteiger partial charge >= 0.3 is 12.1 Å². The molecule has 0 amide bonds. The van der Waals surface area contributed by atoms with E-state index in [4.69, 9.17) is 15.0 Å². The molecule has 0 aliphatic heterocycles. The fourth-order valence-corrected chi connectivity index (χ4v) is 1.10. The van der Waals surface area contributed by atoms with E-state index in [1.54, 1.807) is 0 Å². The summed E-state index contributed by atoms with van der Waals surface area (Å²) in [5, 5.41) is 13.9. The fourth-order valence-electron chi connectivity index (χ4n) is 1.10. The SMILES string of the molecule is COC(=O)C=CC1CC1(C)C.O=C(O)O. The summed E-state index contributed by atoms with van der Waals surface area (Å²) in [4.78, 5) is 19.2. The molecule has 86 valence electrons. The van der Waals surface area contributed by atoms with E-state index >= 15 is 0 Å². The zero-order valence-electron chi connectivity index (χ0n) is 9.06. The highest BCUT2D eigenvalue weighted by atomic mass is 16.6.